The summed E-state index contributed by atoms with van der Waals surface area (Å²) in [5, 5.41) is 0. The maximum atomic E-state index is 3.52. The molecular weight excluding hydrogens is 296 g/mol. The van der Waals surface area contributed by atoms with Crippen LogP contribution in [0.15, 0.2) is 59.1 Å². The lowest BCUT2D eigenvalue weighted by Gasteiger charge is -2.03. The van der Waals surface area contributed by atoms with E-state index in [9.17, 15) is 0 Å². The second-order valence-electron chi connectivity index (χ2n) is 5.03. The molecule has 0 aromatic heterocycles. The zero-order valence-corrected chi connectivity index (χ0v) is 12.9. The molecule has 100 valence electrons. The highest BCUT2D eigenvalue weighted by Gasteiger charge is 1.96. The van der Waals surface area contributed by atoms with Gasteiger partial charge in [-0.2, -0.15) is 0 Å². The van der Waals surface area contributed by atoms with E-state index < -0.39 is 0 Å². The van der Waals surface area contributed by atoms with Gasteiger partial charge in [-0.1, -0.05) is 71.2 Å². The number of benzene rings is 2. The Morgan fingerprint density at radius 2 is 1.26 bits per heavy atom. The maximum Gasteiger partial charge on any atom is 0.0177 e. The molecule has 0 radical (unpaired) electrons. The van der Waals surface area contributed by atoms with Crippen LogP contribution in [-0.4, -0.2) is 0 Å². The quantitative estimate of drug-likeness (QED) is 0.567. The van der Waals surface area contributed by atoms with E-state index in [0.717, 1.165) is 0 Å². The Bertz CT molecular complexity index is 476. The summed E-state index contributed by atoms with van der Waals surface area (Å²) >= 11 is 3.52. The van der Waals surface area contributed by atoms with E-state index in [4.69, 9.17) is 0 Å². The Hall–Kier alpha value is -1.08. The molecule has 0 amide bonds. The van der Waals surface area contributed by atoms with E-state index >= 15 is 0 Å². The first-order chi connectivity index (χ1) is 9.34. The number of hydrogen-bond acceptors (Lipinski definition) is 0. The predicted molar refractivity (Wildman–Crippen MR) is 86.5 cm³/mol. The molecule has 0 heterocycles. The molecule has 0 aliphatic carbocycles. The minimum Gasteiger partial charge on any atom is -0.0622 e. The standard InChI is InChI=1S/C18H21Br/c19-18-14-8-13-17(15-18)12-5-2-1-4-9-16-10-6-3-7-11-16/h3,6-8,10-11,13-15H,1-2,4-5,9,12H2. The van der Waals surface area contributed by atoms with E-state index in [1.807, 2.05) is 0 Å². The fraction of sp³-hybridized carbons (Fsp3) is 0.333. The van der Waals surface area contributed by atoms with Crippen LogP contribution in [-0.2, 0) is 12.8 Å². The average Bonchev–Trinajstić information content (AvgIpc) is 2.44. The van der Waals surface area contributed by atoms with Gasteiger partial charge in [0.1, 0.15) is 0 Å². The van der Waals surface area contributed by atoms with Crippen molar-refractivity contribution in [2.24, 2.45) is 0 Å². The highest BCUT2D eigenvalue weighted by molar-refractivity contribution is 9.10. The van der Waals surface area contributed by atoms with E-state index in [2.05, 4.69) is 70.5 Å². The summed E-state index contributed by atoms with van der Waals surface area (Å²) in [4.78, 5) is 0. The number of rotatable bonds is 7. The Kier molecular flexibility index (Phi) is 6.16. The van der Waals surface area contributed by atoms with Crippen LogP contribution in [0.2, 0.25) is 0 Å². The Morgan fingerprint density at radius 1 is 0.632 bits per heavy atom. The molecule has 0 unspecified atom stereocenters. The summed E-state index contributed by atoms with van der Waals surface area (Å²) in [5.41, 5.74) is 2.91. The van der Waals surface area contributed by atoms with Gasteiger partial charge in [-0.3, -0.25) is 0 Å². The van der Waals surface area contributed by atoms with E-state index in [-0.39, 0.29) is 0 Å². The van der Waals surface area contributed by atoms with Gasteiger partial charge in [0.05, 0.1) is 0 Å². The van der Waals surface area contributed by atoms with Crippen molar-refractivity contribution in [3.05, 3.63) is 70.2 Å². The molecule has 0 fully saturated rings. The van der Waals surface area contributed by atoms with Crippen molar-refractivity contribution in [2.75, 3.05) is 0 Å². The Balaban J connectivity index is 1.58. The molecule has 0 atom stereocenters. The highest BCUT2D eigenvalue weighted by Crippen LogP contribution is 2.15. The maximum absolute atomic E-state index is 3.52. The van der Waals surface area contributed by atoms with Crippen LogP contribution in [0.5, 0.6) is 0 Å². The molecule has 1 heteroatoms. The van der Waals surface area contributed by atoms with Crippen molar-refractivity contribution in [2.45, 2.75) is 38.5 Å². The molecule has 0 saturated carbocycles. The molecule has 2 rings (SSSR count). The smallest absolute Gasteiger partial charge is 0.0177 e. The van der Waals surface area contributed by atoms with Gasteiger partial charge in [-0.05, 0) is 48.9 Å². The number of hydrogen-bond donors (Lipinski definition) is 0. The lowest BCUT2D eigenvalue weighted by atomic mass is 10.0. The van der Waals surface area contributed by atoms with E-state index in [1.165, 1.54) is 54.1 Å². The largest absolute Gasteiger partial charge is 0.0622 e. The van der Waals surface area contributed by atoms with Gasteiger partial charge in [-0.15, -0.1) is 0 Å². The van der Waals surface area contributed by atoms with E-state index in [1.54, 1.807) is 0 Å². The van der Waals surface area contributed by atoms with Crippen LogP contribution >= 0.6 is 15.9 Å². The van der Waals surface area contributed by atoms with Gasteiger partial charge in [0.15, 0.2) is 0 Å². The van der Waals surface area contributed by atoms with Crippen molar-refractivity contribution < 1.29 is 0 Å². The number of unbranched alkanes of at least 4 members (excludes halogenated alkanes) is 3. The molecule has 0 nitrogen and oxygen atoms in total. The molecule has 0 aliphatic rings. The van der Waals surface area contributed by atoms with Crippen LogP contribution < -0.4 is 0 Å². The summed E-state index contributed by atoms with van der Waals surface area (Å²) < 4.78 is 1.19. The minimum atomic E-state index is 1.19. The molecule has 2 aromatic rings. The van der Waals surface area contributed by atoms with Crippen LogP contribution in [0.1, 0.15) is 36.8 Å². The lowest BCUT2D eigenvalue weighted by Crippen LogP contribution is -1.88. The predicted octanol–water partition coefficient (Wildman–Crippen LogP) is 5.79. The third-order valence-corrected chi connectivity index (χ3v) is 3.91. The lowest BCUT2D eigenvalue weighted by molar-refractivity contribution is 0.640. The van der Waals surface area contributed by atoms with Crippen LogP contribution in [0.4, 0.5) is 0 Å². The van der Waals surface area contributed by atoms with Gasteiger partial charge >= 0.3 is 0 Å². The van der Waals surface area contributed by atoms with Crippen LogP contribution in [0, 0.1) is 0 Å². The normalized spacial score (nSPS) is 10.6. The monoisotopic (exact) mass is 316 g/mol. The first-order valence-corrected chi connectivity index (χ1v) is 7.92. The SMILES string of the molecule is Brc1cccc(CCCCCCc2ccccc2)c1. The third kappa shape index (κ3) is 5.61. The molecule has 0 spiro atoms. The second kappa shape index (κ2) is 8.16. The van der Waals surface area contributed by atoms with Gasteiger partial charge in [-0.25, -0.2) is 0 Å². The van der Waals surface area contributed by atoms with Crippen molar-refractivity contribution in [3.63, 3.8) is 0 Å². The minimum absolute atomic E-state index is 1.19. The fourth-order valence-corrected chi connectivity index (χ4v) is 2.80. The van der Waals surface area contributed by atoms with Crippen molar-refractivity contribution in [1.29, 1.82) is 0 Å². The molecule has 0 N–H and O–H groups in total. The van der Waals surface area contributed by atoms with Gasteiger partial charge in [0, 0.05) is 4.47 Å². The Labute approximate surface area is 125 Å². The van der Waals surface area contributed by atoms with Crippen LogP contribution in [0.25, 0.3) is 0 Å². The molecule has 2 aromatic carbocycles. The Morgan fingerprint density at radius 3 is 1.95 bits per heavy atom. The fourth-order valence-electron chi connectivity index (χ4n) is 2.35. The summed E-state index contributed by atoms with van der Waals surface area (Å²) in [5.74, 6) is 0. The number of halogens is 1. The van der Waals surface area contributed by atoms with Crippen molar-refractivity contribution in [3.8, 4) is 0 Å². The summed E-state index contributed by atoms with van der Waals surface area (Å²) in [7, 11) is 0. The second-order valence-corrected chi connectivity index (χ2v) is 5.95. The van der Waals surface area contributed by atoms with Gasteiger partial charge in [0.2, 0.25) is 0 Å². The third-order valence-electron chi connectivity index (χ3n) is 3.41. The summed E-state index contributed by atoms with van der Waals surface area (Å²) in [6.45, 7) is 0. The molecule has 0 aliphatic heterocycles. The average molecular weight is 317 g/mol. The zero-order chi connectivity index (χ0) is 13.3. The first kappa shape index (κ1) is 14.3. The zero-order valence-electron chi connectivity index (χ0n) is 11.3. The van der Waals surface area contributed by atoms with Crippen molar-refractivity contribution in [1.82, 2.24) is 0 Å². The highest BCUT2D eigenvalue weighted by atomic mass is 79.9. The molecule has 0 bridgehead atoms. The molecule has 19 heavy (non-hydrogen) atoms. The number of aryl methyl sites for hydroxylation is 2. The topological polar surface area (TPSA) is 0 Å². The van der Waals surface area contributed by atoms with Crippen molar-refractivity contribution >= 4 is 15.9 Å². The molecule has 0 saturated heterocycles. The van der Waals surface area contributed by atoms with Gasteiger partial charge in [0.25, 0.3) is 0 Å². The van der Waals surface area contributed by atoms with E-state index in [0.29, 0.717) is 0 Å². The summed E-state index contributed by atoms with van der Waals surface area (Å²) in [6.07, 6.45) is 7.69. The van der Waals surface area contributed by atoms with Gasteiger partial charge < -0.3 is 0 Å². The first-order valence-electron chi connectivity index (χ1n) is 7.13. The summed E-state index contributed by atoms with van der Waals surface area (Å²) in [6, 6.07) is 19.4. The molecular formula is C18H21Br. The van der Waals surface area contributed by atoms with Crippen LogP contribution in [0.3, 0.4) is 0 Å².